The first-order valence-corrected chi connectivity index (χ1v) is 11.4. The Labute approximate surface area is 188 Å². The summed E-state index contributed by atoms with van der Waals surface area (Å²) in [6.45, 7) is 4.94. The summed E-state index contributed by atoms with van der Waals surface area (Å²) >= 11 is 0. The van der Waals surface area contributed by atoms with E-state index in [4.69, 9.17) is 0 Å². The summed E-state index contributed by atoms with van der Waals surface area (Å²) < 4.78 is 0. The number of hydrogen-bond donors (Lipinski definition) is 0. The third kappa shape index (κ3) is 4.42. The molecule has 2 aliphatic rings. The van der Waals surface area contributed by atoms with Crippen LogP contribution in [0.15, 0.2) is 67.0 Å². The van der Waals surface area contributed by atoms with E-state index in [1.54, 1.807) is 12.4 Å². The zero-order valence-corrected chi connectivity index (χ0v) is 18.2. The molecule has 7 heteroatoms. The minimum absolute atomic E-state index is 0.0202. The Morgan fingerprint density at radius 1 is 0.844 bits per heavy atom. The molecule has 32 heavy (non-hydrogen) atoms. The van der Waals surface area contributed by atoms with Crippen molar-refractivity contribution in [3.8, 4) is 11.3 Å². The normalized spacial score (nSPS) is 19.1. The minimum Gasteiger partial charge on any atom is -0.368 e. The molecule has 2 aromatic heterocycles. The topological polar surface area (TPSA) is 65.5 Å². The Balaban J connectivity index is 1.19. The lowest BCUT2D eigenvalue weighted by molar-refractivity contribution is -0.136. The Kier molecular flexibility index (Phi) is 5.96. The summed E-state index contributed by atoms with van der Waals surface area (Å²) in [6.07, 6.45) is 5.47. The van der Waals surface area contributed by atoms with E-state index < -0.39 is 0 Å². The molecular weight excluding hydrogens is 400 g/mol. The van der Waals surface area contributed by atoms with Crippen molar-refractivity contribution in [1.29, 1.82) is 0 Å². The van der Waals surface area contributed by atoms with Crippen LogP contribution in [0.1, 0.15) is 12.8 Å². The molecule has 3 aromatic rings. The molecule has 164 valence electrons. The van der Waals surface area contributed by atoms with E-state index in [-0.39, 0.29) is 11.8 Å². The lowest BCUT2D eigenvalue weighted by Gasteiger charge is -2.40. The lowest BCUT2D eigenvalue weighted by Crippen LogP contribution is -2.52. The van der Waals surface area contributed by atoms with Crippen molar-refractivity contribution in [2.75, 3.05) is 49.1 Å². The summed E-state index contributed by atoms with van der Waals surface area (Å²) in [5.74, 6) is 1.14. The first-order chi connectivity index (χ1) is 15.8. The Morgan fingerprint density at radius 3 is 2.41 bits per heavy atom. The average Bonchev–Trinajstić information content (AvgIpc) is 2.89. The van der Waals surface area contributed by atoms with E-state index in [1.807, 2.05) is 35.2 Å². The zero-order valence-electron chi connectivity index (χ0n) is 18.2. The van der Waals surface area contributed by atoms with Crippen LogP contribution in [0.4, 0.5) is 11.5 Å². The van der Waals surface area contributed by atoms with Crippen LogP contribution in [0.5, 0.6) is 0 Å². The van der Waals surface area contributed by atoms with Gasteiger partial charge in [-0.15, -0.1) is 10.2 Å². The third-order valence-corrected chi connectivity index (χ3v) is 6.42. The quantitative estimate of drug-likeness (QED) is 0.636. The standard InChI is InChI=1S/C25H28N6O/c32-25(30-16-14-29(15-17-30)22-8-2-1-3-9-22)21-7-5-13-31(19-21)24-11-10-23(27-28-24)20-6-4-12-26-18-20/h1-4,6,8-12,18,21H,5,7,13-17,19H2. The Hall–Kier alpha value is -3.48. The van der Waals surface area contributed by atoms with E-state index in [1.165, 1.54) is 5.69 Å². The number of aromatic nitrogens is 3. The monoisotopic (exact) mass is 428 g/mol. The first kappa shape index (κ1) is 20.4. The molecule has 0 spiro atoms. The molecule has 5 rings (SSSR count). The molecular formula is C25H28N6O. The number of amides is 1. The number of carbonyl (C=O) groups excluding carboxylic acids is 1. The molecule has 0 aliphatic carbocycles. The number of para-hydroxylation sites is 1. The fourth-order valence-corrected chi connectivity index (χ4v) is 4.63. The second-order valence-corrected chi connectivity index (χ2v) is 8.45. The number of hydrogen-bond acceptors (Lipinski definition) is 6. The van der Waals surface area contributed by atoms with Gasteiger partial charge in [-0.25, -0.2) is 0 Å². The van der Waals surface area contributed by atoms with Crippen molar-refractivity contribution >= 4 is 17.4 Å². The maximum atomic E-state index is 13.3. The molecule has 2 saturated heterocycles. The van der Waals surface area contributed by atoms with Crippen LogP contribution in [-0.4, -0.2) is 65.3 Å². The largest absolute Gasteiger partial charge is 0.368 e. The number of piperidine rings is 1. The highest BCUT2D eigenvalue weighted by Crippen LogP contribution is 2.25. The minimum atomic E-state index is 0.0202. The maximum absolute atomic E-state index is 13.3. The Morgan fingerprint density at radius 2 is 1.69 bits per heavy atom. The number of rotatable bonds is 4. The number of anilines is 2. The molecule has 1 aromatic carbocycles. The van der Waals surface area contributed by atoms with Crippen molar-refractivity contribution in [3.05, 3.63) is 67.0 Å². The van der Waals surface area contributed by atoms with Gasteiger partial charge in [-0.2, -0.15) is 0 Å². The van der Waals surface area contributed by atoms with Gasteiger partial charge in [-0.1, -0.05) is 18.2 Å². The molecule has 2 fully saturated rings. The predicted molar refractivity (Wildman–Crippen MR) is 125 cm³/mol. The number of piperazine rings is 1. The summed E-state index contributed by atoms with van der Waals surface area (Å²) in [7, 11) is 0. The van der Waals surface area contributed by atoms with Crippen molar-refractivity contribution in [3.63, 3.8) is 0 Å². The van der Waals surface area contributed by atoms with Gasteiger partial charge in [0.2, 0.25) is 5.91 Å². The Bertz CT molecular complexity index is 1020. The summed E-state index contributed by atoms with van der Waals surface area (Å²) in [6, 6.07) is 18.3. The number of pyridine rings is 1. The fraction of sp³-hybridized carbons (Fsp3) is 0.360. The molecule has 0 bridgehead atoms. The van der Waals surface area contributed by atoms with Crippen LogP contribution in [0.3, 0.4) is 0 Å². The van der Waals surface area contributed by atoms with Crippen molar-refractivity contribution in [2.24, 2.45) is 5.92 Å². The third-order valence-electron chi connectivity index (χ3n) is 6.42. The second kappa shape index (κ2) is 9.34. The lowest BCUT2D eigenvalue weighted by atomic mass is 9.96. The van der Waals surface area contributed by atoms with Crippen LogP contribution in [0.25, 0.3) is 11.3 Å². The molecule has 1 unspecified atom stereocenters. The molecule has 1 amide bonds. The highest BCUT2D eigenvalue weighted by Gasteiger charge is 2.31. The van der Waals surface area contributed by atoms with Crippen molar-refractivity contribution < 1.29 is 4.79 Å². The maximum Gasteiger partial charge on any atom is 0.227 e. The van der Waals surface area contributed by atoms with Gasteiger partial charge >= 0.3 is 0 Å². The molecule has 7 nitrogen and oxygen atoms in total. The summed E-state index contributed by atoms with van der Waals surface area (Å²) in [5.41, 5.74) is 2.99. The molecule has 0 radical (unpaired) electrons. The van der Waals surface area contributed by atoms with Gasteiger partial charge in [-0.3, -0.25) is 9.78 Å². The predicted octanol–water partition coefficient (Wildman–Crippen LogP) is 3.10. The summed E-state index contributed by atoms with van der Waals surface area (Å²) in [4.78, 5) is 24.0. The molecule has 4 heterocycles. The molecule has 0 N–H and O–H groups in total. The van der Waals surface area contributed by atoms with Crippen LogP contribution >= 0.6 is 0 Å². The van der Waals surface area contributed by atoms with Gasteiger partial charge in [0.15, 0.2) is 5.82 Å². The van der Waals surface area contributed by atoms with Gasteiger partial charge in [0.1, 0.15) is 0 Å². The highest BCUT2D eigenvalue weighted by molar-refractivity contribution is 5.80. The van der Waals surface area contributed by atoms with E-state index in [2.05, 4.69) is 49.2 Å². The zero-order chi connectivity index (χ0) is 21.8. The van der Waals surface area contributed by atoms with Crippen LogP contribution in [0.2, 0.25) is 0 Å². The second-order valence-electron chi connectivity index (χ2n) is 8.45. The van der Waals surface area contributed by atoms with Gasteiger partial charge < -0.3 is 14.7 Å². The molecule has 0 saturated carbocycles. The van der Waals surface area contributed by atoms with Gasteiger partial charge in [0.25, 0.3) is 0 Å². The van der Waals surface area contributed by atoms with Crippen molar-refractivity contribution in [2.45, 2.75) is 12.8 Å². The van der Waals surface area contributed by atoms with E-state index in [0.717, 1.165) is 62.6 Å². The van der Waals surface area contributed by atoms with Crippen LogP contribution in [-0.2, 0) is 4.79 Å². The van der Waals surface area contributed by atoms with Crippen LogP contribution < -0.4 is 9.80 Å². The van der Waals surface area contributed by atoms with Crippen molar-refractivity contribution in [1.82, 2.24) is 20.1 Å². The summed E-state index contributed by atoms with van der Waals surface area (Å²) in [5, 5.41) is 8.83. The van der Waals surface area contributed by atoms with Gasteiger partial charge in [-0.05, 0) is 49.2 Å². The highest BCUT2D eigenvalue weighted by atomic mass is 16.2. The fourth-order valence-electron chi connectivity index (χ4n) is 4.63. The SMILES string of the molecule is O=C(C1CCCN(c2ccc(-c3cccnc3)nn2)C1)N1CCN(c2ccccc2)CC1. The number of nitrogens with zero attached hydrogens (tertiary/aromatic N) is 6. The van der Waals surface area contributed by atoms with E-state index in [9.17, 15) is 4.79 Å². The van der Waals surface area contributed by atoms with Crippen LogP contribution in [0, 0.1) is 5.92 Å². The van der Waals surface area contributed by atoms with Gasteiger partial charge in [0.05, 0.1) is 11.6 Å². The number of carbonyl (C=O) groups is 1. The first-order valence-electron chi connectivity index (χ1n) is 11.4. The van der Waals surface area contributed by atoms with E-state index >= 15 is 0 Å². The average molecular weight is 429 g/mol. The molecule has 1 atom stereocenters. The van der Waals surface area contributed by atoms with Gasteiger partial charge in [0, 0.05) is 62.9 Å². The smallest absolute Gasteiger partial charge is 0.227 e. The number of benzene rings is 1. The van der Waals surface area contributed by atoms with E-state index in [0.29, 0.717) is 6.54 Å². The molecule has 2 aliphatic heterocycles.